The summed E-state index contributed by atoms with van der Waals surface area (Å²) in [6, 6.07) is 7.15. The fourth-order valence-electron chi connectivity index (χ4n) is 1.68. The normalized spacial score (nSPS) is 14.0. The summed E-state index contributed by atoms with van der Waals surface area (Å²) < 4.78 is 5.68. The van der Waals surface area contributed by atoms with Crippen molar-refractivity contribution in [2.45, 2.75) is 26.4 Å². The van der Waals surface area contributed by atoms with Gasteiger partial charge in [-0.15, -0.1) is 0 Å². The van der Waals surface area contributed by atoms with E-state index in [4.69, 9.17) is 4.74 Å². The van der Waals surface area contributed by atoms with Crippen LogP contribution in [0.15, 0.2) is 24.3 Å². The van der Waals surface area contributed by atoms with Crippen LogP contribution in [-0.2, 0) is 0 Å². The lowest BCUT2D eigenvalue weighted by Crippen LogP contribution is -2.44. The van der Waals surface area contributed by atoms with E-state index < -0.39 is 5.60 Å². The van der Waals surface area contributed by atoms with Crippen molar-refractivity contribution in [3.63, 3.8) is 0 Å². The molecule has 0 aliphatic heterocycles. The van der Waals surface area contributed by atoms with Crippen molar-refractivity contribution in [1.29, 1.82) is 0 Å². The highest BCUT2D eigenvalue weighted by Crippen LogP contribution is 2.19. The van der Waals surface area contributed by atoms with E-state index >= 15 is 0 Å². The Balaban J connectivity index is 2.69. The van der Waals surface area contributed by atoms with Gasteiger partial charge >= 0.3 is 0 Å². The molecule has 0 bridgehead atoms. The molecule has 5 heteroatoms. The Labute approximate surface area is 133 Å². The monoisotopic (exact) mass is 308 g/mol. The first-order chi connectivity index (χ1) is 10.2. The molecule has 1 amide bonds. The Hall–Kier alpha value is -1.59. The number of nitrogens with zero attached hydrogens (tertiary/aromatic N) is 1. The summed E-state index contributed by atoms with van der Waals surface area (Å²) >= 11 is 0. The molecule has 0 aliphatic carbocycles. The van der Waals surface area contributed by atoms with E-state index in [1.807, 2.05) is 38.9 Å². The van der Waals surface area contributed by atoms with Crippen LogP contribution in [0.3, 0.4) is 0 Å². The summed E-state index contributed by atoms with van der Waals surface area (Å²) in [6.07, 6.45) is 0. The maximum atomic E-state index is 12.3. The second-order valence-corrected chi connectivity index (χ2v) is 6.34. The molecule has 1 aromatic carbocycles. The number of likely N-dealkylation sites (N-methyl/N-ethyl adjacent to an activating group) is 1. The second-order valence-electron chi connectivity index (χ2n) is 6.34. The van der Waals surface area contributed by atoms with E-state index in [9.17, 15) is 9.90 Å². The molecule has 1 rings (SSSR count). The molecule has 0 radical (unpaired) electrons. The molecule has 5 nitrogen and oxygen atoms in total. The molecule has 124 valence electrons. The molecule has 1 unspecified atom stereocenters. The molecule has 1 atom stereocenters. The molecule has 0 fully saturated rings. The molecular formula is C17H28N2O3. The Bertz CT molecular complexity index is 485. The van der Waals surface area contributed by atoms with E-state index in [0.29, 0.717) is 17.9 Å². The van der Waals surface area contributed by atoms with Crippen LogP contribution in [0.2, 0.25) is 0 Å². The smallest absolute Gasteiger partial charge is 0.255 e. The summed E-state index contributed by atoms with van der Waals surface area (Å²) in [6.45, 7) is 7.06. The van der Waals surface area contributed by atoms with Crippen molar-refractivity contribution < 1.29 is 14.6 Å². The van der Waals surface area contributed by atoms with E-state index in [-0.39, 0.29) is 18.4 Å². The van der Waals surface area contributed by atoms with E-state index in [1.54, 1.807) is 25.1 Å². The molecule has 0 saturated heterocycles. The molecule has 0 aliphatic rings. The third kappa shape index (κ3) is 5.66. The van der Waals surface area contributed by atoms with Crippen LogP contribution < -0.4 is 10.1 Å². The van der Waals surface area contributed by atoms with Gasteiger partial charge in [-0.2, -0.15) is 0 Å². The lowest BCUT2D eigenvalue weighted by atomic mass is 9.92. The molecule has 2 N–H and O–H groups in total. The van der Waals surface area contributed by atoms with Crippen molar-refractivity contribution in [3.8, 4) is 5.75 Å². The molecule has 22 heavy (non-hydrogen) atoms. The third-order valence-corrected chi connectivity index (χ3v) is 3.78. The third-order valence-electron chi connectivity index (χ3n) is 3.78. The number of nitrogens with one attached hydrogen (secondary N) is 1. The largest absolute Gasteiger partial charge is 0.491 e. The Kier molecular flexibility index (Phi) is 6.84. The van der Waals surface area contributed by atoms with Crippen molar-refractivity contribution in [3.05, 3.63) is 29.8 Å². The number of hydrogen-bond acceptors (Lipinski definition) is 4. The van der Waals surface area contributed by atoms with E-state index in [0.717, 1.165) is 6.54 Å². The summed E-state index contributed by atoms with van der Waals surface area (Å²) in [5, 5.41) is 13.0. The van der Waals surface area contributed by atoms with Crippen molar-refractivity contribution in [1.82, 2.24) is 10.2 Å². The van der Waals surface area contributed by atoms with Crippen LogP contribution in [0, 0.1) is 5.92 Å². The minimum atomic E-state index is -0.934. The summed E-state index contributed by atoms with van der Waals surface area (Å²) in [7, 11) is 3.94. The second kappa shape index (κ2) is 8.15. The highest BCUT2D eigenvalue weighted by molar-refractivity contribution is 5.96. The fraction of sp³-hybridized carbons (Fsp3) is 0.588. The highest BCUT2D eigenvalue weighted by Gasteiger charge is 2.26. The number of benzene rings is 1. The Morgan fingerprint density at radius 2 is 2.00 bits per heavy atom. The van der Waals surface area contributed by atoms with Crippen LogP contribution in [0.1, 0.15) is 31.1 Å². The van der Waals surface area contributed by atoms with Gasteiger partial charge in [-0.25, -0.2) is 0 Å². The fourth-order valence-corrected chi connectivity index (χ4v) is 1.68. The maximum Gasteiger partial charge on any atom is 0.255 e. The van der Waals surface area contributed by atoms with Gasteiger partial charge in [0.05, 0.1) is 11.2 Å². The molecule has 0 saturated carbocycles. The zero-order valence-electron chi connectivity index (χ0n) is 14.2. The topological polar surface area (TPSA) is 61.8 Å². The average molecular weight is 308 g/mol. The number of rotatable bonds is 8. The minimum Gasteiger partial charge on any atom is -0.491 e. The van der Waals surface area contributed by atoms with Crippen LogP contribution in [0.5, 0.6) is 5.75 Å². The Morgan fingerprint density at radius 1 is 1.36 bits per heavy atom. The Morgan fingerprint density at radius 3 is 2.59 bits per heavy atom. The van der Waals surface area contributed by atoms with Gasteiger partial charge in [0.2, 0.25) is 0 Å². The lowest BCUT2D eigenvalue weighted by molar-refractivity contribution is 0.0142. The molecule has 0 heterocycles. The van der Waals surface area contributed by atoms with Gasteiger partial charge in [0.25, 0.3) is 5.91 Å². The maximum absolute atomic E-state index is 12.3. The van der Waals surface area contributed by atoms with Gasteiger partial charge < -0.3 is 20.1 Å². The molecular weight excluding hydrogens is 280 g/mol. The number of aliphatic hydroxyl groups is 1. The van der Waals surface area contributed by atoms with Gasteiger partial charge in [0.1, 0.15) is 12.4 Å². The first-order valence-corrected chi connectivity index (χ1v) is 7.61. The van der Waals surface area contributed by atoms with Crippen LogP contribution >= 0.6 is 0 Å². The van der Waals surface area contributed by atoms with Crippen LogP contribution in [0.25, 0.3) is 0 Å². The minimum absolute atomic E-state index is 0.0550. The number of carbonyl (C=O) groups is 1. The lowest BCUT2D eigenvalue weighted by Gasteiger charge is -2.28. The summed E-state index contributed by atoms with van der Waals surface area (Å²) in [5.74, 6) is 0.381. The van der Waals surface area contributed by atoms with Gasteiger partial charge in [-0.1, -0.05) is 26.0 Å². The van der Waals surface area contributed by atoms with E-state index in [2.05, 4.69) is 5.32 Å². The number of amides is 1. The SMILES string of the molecule is CC(C)C(C)(O)CNC(=O)c1ccccc1OCCN(C)C. The predicted octanol–water partition coefficient (Wildman–Crippen LogP) is 1.76. The standard InChI is InChI=1S/C17H28N2O3/c1-13(2)17(3,21)12-18-16(20)14-8-6-7-9-15(14)22-11-10-19(4)5/h6-9,13,21H,10-12H2,1-5H3,(H,18,20). The van der Waals surface area contributed by atoms with E-state index in [1.165, 1.54) is 0 Å². The van der Waals surface area contributed by atoms with Gasteiger partial charge in [0.15, 0.2) is 0 Å². The van der Waals surface area contributed by atoms with Gasteiger partial charge in [-0.05, 0) is 39.1 Å². The average Bonchev–Trinajstić information content (AvgIpc) is 2.45. The quantitative estimate of drug-likeness (QED) is 0.768. The zero-order valence-corrected chi connectivity index (χ0v) is 14.2. The van der Waals surface area contributed by atoms with Crippen molar-refractivity contribution in [2.75, 3.05) is 33.8 Å². The predicted molar refractivity (Wildman–Crippen MR) is 88.3 cm³/mol. The van der Waals surface area contributed by atoms with Crippen LogP contribution in [-0.4, -0.2) is 55.3 Å². The molecule has 1 aromatic rings. The zero-order chi connectivity index (χ0) is 16.8. The number of hydrogen-bond donors (Lipinski definition) is 2. The molecule has 0 aromatic heterocycles. The summed E-state index contributed by atoms with van der Waals surface area (Å²) in [4.78, 5) is 14.3. The van der Waals surface area contributed by atoms with Crippen LogP contribution in [0.4, 0.5) is 0 Å². The summed E-state index contributed by atoms with van der Waals surface area (Å²) in [5.41, 5.74) is -0.447. The number of carbonyl (C=O) groups excluding carboxylic acids is 1. The molecule has 0 spiro atoms. The van der Waals surface area contributed by atoms with Crippen molar-refractivity contribution in [2.24, 2.45) is 5.92 Å². The van der Waals surface area contributed by atoms with Gasteiger partial charge in [0, 0.05) is 13.1 Å². The highest BCUT2D eigenvalue weighted by atomic mass is 16.5. The van der Waals surface area contributed by atoms with Gasteiger partial charge in [-0.3, -0.25) is 4.79 Å². The van der Waals surface area contributed by atoms with Crippen molar-refractivity contribution >= 4 is 5.91 Å². The number of para-hydroxylation sites is 1. The first kappa shape index (κ1) is 18.5. The first-order valence-electron chi connectivity index (χ1n) is 7.61. The number of ether oxygens (including phenoxy) is 1.